The molecule has 0 heterocycles. The molecule has 0 bridgehead atoms. The van der Waals surface area contributed by atoms with Crippen LogP contribution in [0.2, 0.25) is 0 Å². The monoisotopic (exact) mass is 469 g/mol. The Morgan fingerprint density at radius 2 is 1.72 bits per heavy atom. The largest absolute Gasteiger partial charge is 0.459 e. The summed E-state index contributed by atoms with van der Waals surface area (Å²) in [5.74, 6) is -0.834. The third kappa shape index (κ3) is 10.3. The molecule has 2 N–H and O–H groups in total. The molecule has 0 aliphatic heterocycles. The van der Waals surface area contributed by atoms with Crippen molar-refractivity contribution in [3.05, 3.63) is 28.7 Å². The van der Waals surface area contributed by atoms with Gasteiger partial charge in [-0.15, -0.1) is 0 Å². The highest BCUT2D eigenvalue weighted by atomic mass is 79.9. The number of halogens is 1. The molecule has 0 fully saturated rings. The summed E-state index contributed by atoms with van der Waals surface area (Å²) in [6, 6.07) is 6.81. The number of anilines is 1. The van der Waals surface area contributed by atoms with Crippen LogP contribution in [0.1, 0.15) is 41.0 Å². The highest BCUT2D eigenvalue weighted by Gasteiger charge is 2.26. The van der Waals surface area contributed by atoms with Crippen LogP contribution in [0.25, 0.3) is 0 Å². The SMILES string of the molecule is CC(C)CC(CNC(=O)Nc1ccc(Br)cc1)C(=O)N(C)CC(=O)OC(C)(C)C. The Balaban J connectivity index is 2.65. The van der Waals surface area contributed by atoms with Gasteiger partial charge in [0.15, 0.2) is 0 Å². The van der Waals surface area contributed by atoms with Gasteiger partial charge >= 0.3 is 12.0 Å². The molecule has 0 saturated carbocycles. The van der Waals surface area contributed by atoms with E-state index in [-0.39, 0.29) is 30.9 Å². The van der Waals surface area contributed by atoms with Gasteiger partial charge in [0.1, 0.15) is 12.1 Å². The predicted molar refractivity (Wildman–Crippen MR) is 118 cm³/mol. The van der Waals surface area contributed by atoms with E-state index in [0.29, 0.717) is 12.1 Å². The average Bonchev–Trinajstić information content (AvgIpc) is 2.57. The summed E-state index contributed by atoms with van der Waals surface area (Å²) in [6.45, 7) is 9.41. The Morgan fingerprint density at radius 3 is 2.24 bits per heavy atom. The number of hydrogen-bond acceptors (Lipinski definition) is 4. The molecule has 0 aliphatic rings. The molecule has 0 saturated heterocycles. The number of nitrogens with one attached hydrogen (secondary N) is 2. The lowest BCUT2D eigenvalue weighted by Gasteiger charge is -2.26. The fourth-order valence-electron chi connectivity index (χ4n) is 2.72. The van der Waals surface area contributed by atoms with Crippen LogP contribution in [0.3, 0.4) is 0 Å². The lowest BCUT2D eigenvalue weighted by molar-refractivity contribution is -0.159. The Bertz CT molecular complexity index is 699. The maximum atomic E-state index is 12.8. The molecule has 0 spiro atoms. The third-order valence-electron chi connectivity index (χ3n) is 3.88. The summed E-state index contributed by atoms with van der Waals surface area (Å²) in [5.41, 5.74) is 0.0461. The Hall–Kier alpha value is -2.09. The number of carbonyl (C=O) groups excluding carboxylic acids is 3. The van der Waals surface area contributed by atoms with Gasteiger partial charge in [-0.25, -0.2) is 4.79 Å². The first-order valence-corrected chi connectivity index (χ1v) is 10.4. The van der Waals surface area contributed by atoms with E-state index in [0.717, 1.165) is 4.47 Å². The van der Waals surface area contributed by atoms with Crippen molar-refractivity contribution in [1.29, 1.82) is 0 Å². The van der Waals surface area contributed by atoms with E-state index in [2.05, 4.69) is 26.6 Å². The van der Waals surface area contributed by atoms with Crippen molar-refractivity contribution in [2.24, 2.45) is 11.8 Å². The number of amides is 3. The molecule has 0 radical (unpaired) electrons. The standard InChI is InChI=1S/C21H32BrN3O4/c1-14(2)11-15(19(27)25(6)13-18(26)29-21(3,4)5)12-23-20(28)24-17-9-7-16(22)8-10-17/h7-10,14-15H,11-13H2,1-6H3,(H2,23,24,28). The van der Waals surface area contributed by atoms with Crippen LogP contribution in [-0.2, 0) is 14.3 Å². The number of ether oxygens (including phenoxy) is 1. The van der Waals surface area contributed by atoms with Crippen LogP contribution in [0.15, 0.2) is 28.7 Å². The number of esters is 1. The van der Waals surface area contributed by atoms with E-state index < -0.39 is 17.5 Å². The first-order valence-electron chi connectivity index (χ1n) is 9.64. The molecule has 7 nitrogen and oxygen atoms in total. The van der Waals surface area contributed by atoms with Gasteiger partial charge in [-0.1, -0.05) is 29.8 Å². The van der Waals surface area contributed by atoms with Gasteiger partial charge in [0.05, 0.1) is 5.92 Å². The Labute approximate surface area is 181 Å². The summed E-state index contributed by atoms with van der Waals surface area (Å²) in [4.78, 5) is 38.4. The van der Waals surface area contributed by atoms with E-state index in [1.165, 1.54) is 4.90 Å². The molecule has 1 aromatic rings. The van der Waals surface area contributed by atoms with E-state index in [1.54, 1.807) is 40.0 Å². The van der Waals surface area contributed by atoms with Crippen molar-refractivity contribution in [1.82, 2.24) is 10.2 Å². The lowest BCUT2D eigenvalue weighted by Crippen LogP contribution is -2.44. The highest BCUT2D eigenvalue weighted by molar-refractivity contribution is 9.10. The van der Waals surface area contributed by atoms with Crippen LogP contribution in [0.5, 0.6) is 0 Å². The summed E-state index contributed by atoms with van der Waals surface area (Å²) < 4.78 is 6.19. The molecular formula is C21H32BrN3O4. The molecule has 3 amide bonds. The Kier molecular flexibility index (Phi) is 9.62. The molecule has 1 rings (SSSR count). The number of rotatable bonds is 8. The zero-order valence-electron chi connectivity index (χ0n) is 18.0. The van der Waals surface area contributed by atoms with Crippen LogP contribution < -0.4 is 10.6 Å². The van der Waals surface area contributed by atoms with Crippen molar-refractivity contribution >= 4 is 39.5 Å². The molecule has 0 aromatic heterocycles. The molecule has 8 heteroatoms. The first kappa shape index (κ1) is 24.9. The number of carbonyl (C=O) groups is 3. The molecule has 0 aliphatic carbocycles. The minimum atomic E-state index is -0.606. The number of nitrogens with zero attached hydrogens (tertiary/aromatic N) is 1. The van der Waals surface area contributed by atoms with Crippen molar-refractivity contribution in [3.63, 3.8) is 0 Å². The quantitative estimate of drug-likeness (QED) is 0.562. The van der Waals surface area contributed by atoms with Gasteiger partial charge in [0, 0.05) is 23.8 Å². The van der Waals surface area contributed by atoms with Crippen molar-refractivity contribution in [3.8, 4) is 0 Å². The first-order chi connectivity index (χ1) is 13.4. The van der Waals surface area contributed by atoms with Gasteiger partial charge in [-0.2, -0.15) is 0 Å². The zero-order chi connectivity index (χ0) is 22.2. The van der Waals surface area contributed by atoms with Crippen molar-refractivity contribution in [2.75, 3.05) is 25.5 Å². The van der Waals surface area contributed by atoms with Crippen molar-refractivity contribution in [2.45, 2.75) is 46.6 Å². The smallest absolute Gasteiger partial charge is 0.326 e. The highest BCUT2D eigenvalue weighted by Crippen LogP contribution is 2.16. The maximum Gasteiger partial charge on any atom is 0.326 e. The number of hydrogen-bond donors (Lipinski definition) is 2. The second-order valence-electron chi connectivity index (χ2n) is 8.45. The third-order valence-corrected chi connectivity index (χ3v) is 4.41. The molecule has 29 heavy (non-hydrogen) atoms. The minimum absolute atomic E-state index is 0.129. The van der Waals surface area contributed by atoms with E-state index in [9.17, 15) is 14.4 Å². The summed E-state index contributed by atoms with van der Waals surface area (Å²) in [5, 5.41) is 5.49. The fraction of sp³-hybridized carbons (Fsp3) is 0.571. The summed E-state index contributed by atoms with van der Waals surface area (Å²) in [7, 11) is 1.57. The molecule has 1 unspecified atom stereocenters. The van der Waals surface area contributed by atoms with Crippen LogP contribution in [-0.4, -0.2) is 48.5 Å². The summed E-state index contributed by atoms with van der Waals surface area (Å²) in [6.07, 6.45) is 0.593. The lowest BCUT2D eigenvalue weighted by atomic mass is 9.95. The second-order valence-corrected chi connectivity index (χ2v) is 9.36. The number of likely N-dealkylation sites (N-methyl/N-ethyl adjacent to an activating group) is 1. The van der Waals surface area contributed by atoms with Crippen LogP contribution in [0, 0.1) is 11.8 Å². The molecule has 1 atom stereocenters. The van der Waals surface area contributed by atoms with Gasteiger partial charge in [-0.05, 0) is 57.4 Å². The van der Waals surface area contributed by atoms with Crippen molar-refractivity contribution < 1.29 is 19.1 Å². The van der Waals surface area contributed by atoms with Gasteiger partial charge in [0.25, 0.3) is 0 Å². The topological polar surface area (TPSA) is 87.7 Å². The van der Waals surface area contributed by atoms with Gasteiger partial charge < -0.3 is 20.3 Å². The second kappa shape index (κ2) is 11.2. The van der Waals surface area contributed by atoms with E-state index in [1.807, 2.05) is 26.0 Å². The zero-order valence-corrected chi connectivity index (χ0v) is 19.6. The van der Waals surface area contributed by atoms with Gasteiger partial charge in [-0.3, -0.25) is 9.59 Å². The molecule has 162 valence electrons. The van der Waals surface area contributed by atoms with E-state index in [4.69, 9.17) is 4.74 Å². The Morgan fingerprint density at radius 1 is 1.14 bits per heavy atom. The number of benzene rings is 1. The number of urea groups is 1. The normalized spacial score (nSPS) is 12.3. The predicted octanol–water partition coefficient (Wildman–Crippen LogP) is 4.03. The maximum absolute atomic E-state index is 12.8. The summed E-state index contributed by atoms with van der Waals surface area (Å²) >= 11 is 3.34. The van der Waals surface area contributed by atoms with Crippen LogP contribution >= 0.6 is 15.9 Å². The molecular weight excluding hydrogens is 438 g/mol. The average molecular weight is 470 g/mol. The minimum Gasteiger partial charge on any atom is -0.459 e. The van der Waals surface area contributed by atoms with E-state index >= 15 is 0 Å². The molecule has 1 aromatic carbocycles. The van der Waals surface area contributed by atoms with Gasteiger partial charge in [0.2, 0.25) is 5.91 Å². The van der Waals surface area contributed by atoms with Crippen LogP contribution in [0.4, 0.5) is 10.5 Å². The fourth-order valence-corrected chi connectivity index (χ4v) is 2.99.